The molecule has 0 aliphatic carbocycles. The number of ether oxygens (including phenoxy) is 1. The molecule has 0 bridgehead atoms. The summed E-state index contributed by atoms with van der Waals surface area (Å²) >= 11 is 2.17. The van der Waals surface area contributed by atoms with Crippen LogP contribution in [0.3, 0.4) is 0 Å². The first-order chi connectivity index (χ1) is 8.27. The van der Waals surface area contributed by atoms with Gasteiger partial charge in [-0.2, -0.15) is 5.10 Å². The molecule has 0 radical (unpaired) electrons. The molecule has 2 aromatic rings. The summed E-state index contributed by atoms with van der Waals surface area (Å²) in [7, 11) is 0. The van der Waals surface area contributed by atoms with Gasteiger partial charge in [0.25, 0.3) is 0 Å². The molecule has 2 aromatic heterocycles. The predicted octanol–water partition coefficient (Wildman–Crippen LogP) is 1.36. The van der Waals surface area contributed by atoms with Crippen molar-refractivity contribution in [3.63, 3.8) is 0 Å². The summed E-state index contributed by atoms with van der Waals surface area (Å²) in [6.07, 6.45) is 3.61. The van der Waals surface area contributed by atoms with E-state index in [1.165, 1.54) is 6.33 Å². The normalized spacial score (nSPS) is 20.9. The van der Waals surface area contributed by atoms with E-state index in [9.17, 15) is 0 Å². The Bertz CT molecular complexity index is 549. The van der Waals surface area contributed by atoms with Crippen LogP contribution in [0, 0.1) is 3.70 Å². The largest absolute Gasteiger partial charge is 0.383 e. The zero-order valence-electron chi connectivity index (χ0n) is 9.14. The van der Waals surface area contributed by atoms with Crippen molar-refractivity contribution in [2.75, 3.05) is 18.9 Å². The van der Waals surface area contributed by atoms with E-state index in [0.717, 1.165) is 34.2 Å². The van der Waals surface area contributed by atoms with Gasteiger partial charge in [-0.1, -0.05) is 0 Å². The van der Waals surface area contributed by atoms with Crippen LogP contribution < -0.4 is 5.73 Å². The van der Waals surface area contributed by atoms with E-state index in [2.05, 4.69) is 37.7 Å². The number of anilines is 1. The fourth-order valence-corrected chi connectivity index (χ4v) is 2.87. The Morgan fingerprint density at radius 1 is 1.47 bits per heavy atom. The first-order valence-electron chi connectivity index (χ1n) is 5.49. The lowest BCUT2D eigenvalue weighted by molar-refractivity contribution is 0.0561. The Kier molecular flexibility index (Phi) is 2.87. The minimum Gasteiger partial charge on any atom is -0.383 e. The van der Waals surface area contributed by atoms with Gasteiger partial charge in [0.1, 0.15) is 15.8 Å². The third kappa shape index (κ3) is 1.86. The third-order valence-electron chi connectivity index (χ3n) is 2.96. The van der Waals surface area contributed by atoms with Gasteiger partial charge in [0.15, 0.2) is 5.65 Å². The highest BCUT2D eigenvalue weighted by molar-refractivity contribution is 14.1. The van der Waals surface area contributed by atoms with Gasteiger partial charge < -0.3 is 10.5 Å². The van der Waals surface area contributed by atoms with Gasteiger partial charge in [-0.3, -0.25) is 0 Å². The highest BCUT2D eigenvalue weighted by Gasteiger charge is 2.22. The van der Waals surface area contributed by atoms with E-state index in [-0.39, 0.29) is 6.04 Å². The molecule has 1 aliphatic heterocycles. The standard InChI is InChI=1S/C10H12IN5O/c11-8-7-9(12)13-5-14-10(7)16(15-8)6-2-1-3-17-4-6/h5-6H,1-4H2,(H2,12,13,14). The molecule has 3 rings (SSSR count). The number of nitrogen functional groups attached to an aromatic ring is 1. The maximum absolute atomic E-state index is 5.86. The number of rotatable bonds is 1. The molecule has 1 unspecified atom stereocenters. The molecule has 1 fully saturated rings. The van der Waals surface area contributed by atoms with E-state index in [4.69, 9.17) is 10.5 Å². The monoisotopic (exact) mass is 345 g/mol. The van der Waals surface area contributed by atoms with Crippen molar-refractivity contribution in [2.45, 2.75) is 18.9 Å². The van der Waals surface area contributed by atoms with Crippen LogP contribution in [0.2, 0.25) is 0 Å². The van der Waals surface area contributed by atoms with Crippen molar-refractivity contribution in [2.24, 2.45) is 0 Å². The van der Waals surface area contributed by atoms with Gasteiger partial charge in [-0.25, -0.2) is 14.6 Å². The van der Waals surface area contributed by atoms with Crippen molar-refractivity contribution in [3.8, 4) is 0 Å². The first kappa shape index (κ1) is 11.1. The van der Waals surface area contributed by atoms with Crippen molar-refractivity contribution in [3.05, 3.63) is 10.0 Å². The molecular formula is C10H12IN5O. The van der Waals surface area contributed by atoms with Crippen LogP contribution in [0.15, 0.2) is 6.33 Å². The van der Waals surface area contributed by atoms with Crippen LogP contribution in [0.25, 0.3) is 11.0 Å². The Hall–Kier alpha value is -0.960. The number of fused-ring (bicyclic) bond motifs is 1. The second kappa shape index (κ2) is 4.37. The summed E-state index contributed by atoms with van der Waals surface area (Å²) < 4.78 is 8.26. The van der Waals surface area contributed by atoms with Gasteiger partial charge in [0.05, 0.1) is 18.0 Å². The molecule has 17 heavy (non-hydrogen) atoms. The van der Waals surface area contributed by atoms with Crippen LogP contribution in [-0.4, -0.2) is 33.0 Å². The van der Waals surface area contributed by atoms with Crippen molar-refractivity contribution >= 4 is 39.4 Å². The van der Waals surface area contributed by atoms with Crippen molar-refractivity contribution in [1.29, 1.82) is 0 Å². The molecule has 0 amide bonds. The van der Waals surface area contributed by atoms with E-state index in [0.29, 0.717) is 12.4 Å². The van der Waals surface area contributed by atoms with E-state index >= 15 is 0 Å². The molecule has 1 aliphatic rings. The van der Waals surface area contributed by atoms with Crippen LogP contribution >= 0.6 is 22.6 Å². The van der Waals surface area contributed by atoms with E-state index in [1.54, 1.807) is 0 Å². The molecule has 90 valence electrons. The Morgan fingerprint density at radius 3 is 3.12 bits per heavy atom. The van der Waals surface area contributed by atoms with Gasteiger partial charge in [-0.05, 0) is 35.4 Å². The Balaban J connectivity index is 2.13. The zero-order chi connectivity index (χ0) is 11.8. The van der Waals surface area contributed by atoms with E-state index in [1.807, 2.05) is 4.68 Å². The number of hydrogen-bond acceptors (Lipinski definition) is 5. The fraction of sp³-hybridized carbons (Fsp3) is 0.500. The Labute approximate surface area is 112 Å². The smallest absolute Gasteiger partial charge is 0.164 e. The SMILES string of the molecule is Nc1ncnc2c1c(I)nn2C1CCCOC1. The first-order valence-corrected chi connectivity index (χ1v) is 6.57. The maximum atomic E-state index is 5.86. The predicted molar refractivity (Wildman–Crippen MR) is 71.5 cm³/mol. The summed E-state index contributed by atoms with van der Waals surface area (Å²) in [6, 6.07) is 0.254. The summed E-state index contributed by atoms with van der Waals surface area (Å²) in [6.45, 7) is 1.53. The molecule has 1 atom stereocenters. The van der Waals surface area contributed by atoms with Gasteiger partial charge in [-0.15, -0.1) is 0 Å². The van der Waals surface area contributed by atoms with Crippen LogP contribution in [0.5, 0.6) is 0 Å². The molecule has 0 spiro atoms. The van der Waals surface area contributed by atoms with Crippen molar-refractivity contribution in [1.82, 2.24) is 19.7 Å². The number of nitrogens with zero attached hydrogens (tertiary/aromatic N) is 4. The minimum absolute atomic E-state index is 0.254. The summed E-state index contributed by atoms with van der Waals surface area (Å²) in [5.74, 6) is 0.488. The van der Waals surface area contributed by atoms with Crippen LogP contribution in [0.1, 0.15) is 18.9 Å². The number of halogens is 1. The van der Waals surface area contributed by atoms with Crippen LogP contribution in [0.4, 0.5) is 5.82 Å². The molecule has 1 saturated heterocycles. The fourth-order valence-electron chi connectivity index (χ4n) is 2.12. The highest BCUT2D eigenvalue weighted by Crippen LogP contribution is 2.27. The lowest BCUT2D eigenvalue weighted by atomic mass is 10.1. The molecule has 7 heteroatoms. The van der Waals surface area contributed by atoms with E-state index < -0.39 is 0 Å². The second-order valence-electron chi connectivity index (χ2n) is 4.06. The molecule has 6 nitrogen and oxygen atoms in total. The average molecular weight is 345 g/mol. The van der Waals surface area contributed by atoms with Crippen LogP contribution in [-0.2, 0) is 4.74 Å². The summed E-state index contributed by atoms with van der Waals surface area (Å²) in [5, 5.41) is 5.36. The molecule has 2 N–H and O–H groups in total. The number of nitrogens with two attached hydrogens (primary N) is 1. The maximum Gasteiger partial charge on any atom is 0.164 e. The zero-order valence-corrected chi connectivity index (χ0v) is 11.3. The molecule has 3 heterocycles. The Morgan fingerprint density at radius 2 is 2.35 bits per heavy atom. The highest BCUT2D eigenvalue weighted by atomic mass is 127. The van der Waals surface area contributed by atoms with Gasteiger partial charge in [0.2, 0.25) is 0 Å². The molecule has 0 saturated carbocycles. The molecular weight excluding hydrogens is 333 g/mol. The molecule has 0 aromatic carbocycles. The third-order valence-corrected chi connectivity index (χ3v) is 3.71. The topological polar surface area (TPSA) is 78.9 Å². The summed E-state index contributed by atoms with van der Waals surface area (Å²) in [4.78, 5) is 8.29. The second-order valence-corrected chi connectivity index (χ2v) is 5.09. The minimum atomic E-state index is 0.254. The quantitative estimate of drug-likeness (QED) is 0.790. The lowest BCUT2D eigenvalue weighted by Crippen LogP contribution is -2.22. The van der Waals surface area contributed by atoms with Gasteiger partial charge >= 0.3 is 0 Å². The number of aromatic nitrogens is 4. The average Bonchev–Trinajstić information content (AvgIpc) is 2.69. The summed E-state index contributed by atoms with van der Waals surface area (Å²) in [5.41, 5.74) is 6.66. The van der Waals surface area contributed by atoms with Crippen molar-refractivity contribution < 1.29 is 4.74 Å². The lowest BCUT2D eigenvalue weighted by Gasteiger charge is -2.22. The van der Waals surface area contributed by atoms with Gasteiger partial charge in [0, 0.05) is 6.61 Å². The number of hydrogen-bond donors (Lipinski definition) is 1.